The topological polar surface area (TPSA) is 28.4 Å². The highest BCUT2D eigenvalue weighted by Gasteiger charge is 2.53. The summed E-state index contributed by atoms with van der Waals surface area (Å²) in [6.07, 6.45) is 5.99. The van der Waals surface area contributed by atoms with E-state index in [1.165, 1.54) is 38.9 Å². The van der Waals surface area contributed by atoms with Crippen LogP contribution in [0.1, 0.15) is 31.9 Å². The van der Waals surface area contributed by atoms with Gasteiger partial charge in [0.05, 0.1) is 12.8 Å². The molecular weight excluding hydrogens is 224 g/mol. The minimum absolute atomic E-state index is 0.696. The summed E-state index contributed by atoms with van der Waals surface area (Å²) in [4.78, 5) is 2.53. The molecule has 18 heavy (non-hydrogen) atoms. The summed E-state index contributed by atoms with van der Waals surface area (Å²) in [5.74, 6) is 2.02. The van der Waals surface area contributed by atoms with Crippen molar-refractivity contribution >= 4 is 0 Å². The van der Waals surface area contributed by atoms with E-state index in [-0.39, 0.29) is 0 Å². The number of hydrogen-bond donors (Lipinski definition) is 1. The van der Waals surface area contributed by atoms with E-state index in [0.717, 1.165) is 24.8 Å². The fourth-order valence-corrected chi connectivity index (χ4v) is 3.47. The van der Waals surface area contributed by atoms with Crippen LogP contribution in [-0.4, -0.2) is 31.1 Å². The maximum Gasteiger partial charge on any atom is 0.117 e. The Balaban J connectivity index is 1.52. The highest BCUT2D eigenvalue weighted by atomic mass is 16.3. The van der Waals surface area contributed by atoms with E-state index in [1.54, 1.807) is 6.26 Å². The average Bonchev–Trinajstić information content (AvgIpc) is 2.82. The van der Waals surface area contributed by atoms with Gasteiger partial charge in [0.2, 0.25) is 0 Å². The molecule has 3 rings (SSSR count). The molecule has 1 saturated carbocycles. The van der Waals surface area contributed by atoms with Crippen molar-refractivity contribution < 1.29 is 4.42 Å². The number of nitrogens with one attached hydrogen (secondary N) is 1. The third-order valence-corrected chi connectivity index (χ3v) is 4.84. The van der Waals surface area contributed by atoms with Gasteiger partial charge in [-0.3, -0.25) is 4.90 Å². The van der Waals surface area contributed by atoms with Gasteiger partial charge in [0.15, 0.2) is 0 Å². The van der Waals surface area contributed by atoms with E-state index in [2.05, 4.69) is 23.2 Å². The van der Waals surface area contributed by atoms with Crippen LogP contribution in [0.2, 0.25) is 0 Å². The minimum atomic E-state index is 0.696. The normalized spacial score (nSPS) is 25.8. The molecule has 3 heteroatoms. The van der Waals surface area contributed by atoms with E-state index in [9.17, 15) is 0 Å². The van der Waals surface area contributed by atoms with Gasteiger partial charge in [-0.05, 0) is 62.4 Å². The lowest BCUT2D eigenvalue weighted by molar-refractivity contribution is 0.217. The quantitative estimate of drug-likeness (QED) is 0.868. The smallest absolute Gasteiger partial charge is 0.117 e. The Kier molecular flexibility index (Phi) is 3.44. The Labute approximate surface area is 110 Å². The van der Waals surface area contributed by atoms with Crippen LogP contribution in [-0.2, 0) is 6.54 Å². The lowest BCUT2D eigenvalue weighted by Crippen LogP contribution is -2.32. The number of rotatable bonds is 5. The first kappa shape index (κ1) is 12.2. The first-order valence-corrected chi connectivity index (χ1v) is 7.28. The van der Waals surface area contributed by atoms with Crippen LogP contribution in [0.5, 0.6) is 0 Å². The number of furan rings is 1. The summed E-state index contributed by atoms with van der Waals surface area (Å²) in [7, 11) is 0. The van der Waals surface area contributed by atoms with Gasteiger partial charge in [-0.1, -0.05) is 6.92 Å². The fraction of sp³-hybridized carbons (Fsp3) is 0.733. The molecule has 2 heterocycles. The molecule has 1 aliphatic carbocycles. The molecule has 1 unspecified atom stereocenters. The maximum atomic E-state index is 5.45. The molecule has 2 aliphatic rings. The Bertz CT molecular complexity index is 368. The molecule has 1 atom stereocenters. The van der Waals surface area contributed by atoms with Crippen molar-refractivity contribution in [2.24, 2.45) is 11.3 Å². The van der Waals surface area contributed by atoms with Crippen LogP contribution in [0, 0.1) is 11.3 Å². The van der Waals surface area contributed by atoms with Crippen molar-refractivity contribution in [2.45, 2.75) is 32.7 Å². The molecule has 0 bridgehead atoms. The van der Waals surface area contributed by atoms with Crippen LogP contribution in [0.4, 0.5) is 0 Å². The molecule has 0 aromatic carbocycles. The second-order valence-corrected chi connectivity index (χ2v) is 5.92. The largest absolute Gasteiger partial charge is 0.468 e. The summed E-state index contributed by atoms with van der Waals surface area (Å²) in [5.41, 5.74) is 0.696. The van der Waals surface area contributed by atoms with Gasteiger partial charge in [-0.15, -0.1) is 0 Å². The second-order valence-electron chi connectivity index (χ2n) is 5.92. The summed E-state index contributed by atoms with van der Waals surface area (Å²) in [6.45, 7) is 8.03. The summed E-state index contributed by atoms with van der Waals surface area (Å²) in [6, 6.07) is 4.06. The molecule has 1 N–H and O–H groups in total. The molecule has 1 spiro atoms. The van der Waals surface area contributed by atoms with Gasteiger partial charge >= 0.3 is 0 Å². The first-order valence-electron chi connectivity index (χ1n) is 7.28. The Morgan fingerprint density at radius 2 is 2.28 bits per heavy atom. The van der Waals surface area contributed by atoms with E-state index >= 15 is 0 Å². The lowest BCUT2D eigenvalue weighted by Gasteiger charge is -2.26. The monoisotopic (exact) mass is 248 g/mol. The Hall–Kier alpha value is -0.800. The van der Waals surface area contributed by atoms with Crippen LogP contribution < -0.4 is 5.32 Å². The predicted octanol–water partition coefficient (Wildman–Crippen LogP) is 2.49. The number of hydrogen-bond acceptors (Lipinski definition) is 3. The lowest BCUT2D eigenvalue weighted by atomic mass is 9.92. The minimum Gasteiger partial charge on any atom is -0.468 e. The van der Waals surface area contributed by atoms with Crippen molar-refractivity contribution in [3.63, 3.8) is 0 Å². The third-order valence-electron chi connectivity index (χ3n) is 4.84. The number of piperidine rings is 1. The molecule has 1 aromatic heterocycles. The van der Waals surface area contributed by atoms with Crippen molar-refractivity contribution in [1.82, 2.24) is 10.2 Å². The van der Waals surface area contributed by atoms with Crippen LogP contribution >= 0.6 is 0 Å². The first-order chi connectivity index (χ1) is 8.82. The molecule has 1 aromatic rings. The fourth-order valence-electron chi connectivity index (χ4n) is 3.47. The average molecular weight is 248 g/mol. The molecule has 1 saturated heterocycles. The molecule has 3 nitrogen and oxygen atoms in total. The Morgan fingerprint density at radius 3 is 2.94 bits per heavy atom. The maximum absolute atomic E-state index is 5.45. The zero-order chi connectivity index (χ0) is 12.4. The zero-order valence-corrected chi connectivity index (χ0v) is 11.3. The molecule has 0 amide bonds. The van der Waals surface area contributed by atoms with Crippen molar-refractivity contribution in [3.05, 3.63) is 24.2 Å². The molecule has 1 aliphatic heterocycles. The second kappa shape index (κ2) is 5.06. The van der Waals surface area contributed by atoms with E-state index < -0.39 is 0 Å². The van der Waals surface area contributed by atoms with Crippen molar-refractivity contribution in [2.75, 3.05) is 26.2 Å². The predicted molar refractivity (Wildman–Crippen MR) is 72.3 cm³/mol. The van der Waals surface area contributed by atoms with E-state index in [4.69, 9.17) is 4.42 Å². The van der Waals surface area contributed by atoms with Gasteiger partial charge in [0.1, 0.15) is 5.76 Å². The van der Waals surface area contributed by atoms with Gasteiger partial charge in [-0.25, -0.2) is 0 Å². The van der Waals surface area contributed by atoms with Crippen molar-refractivity contribution in [3.8, 4) is 0 Å². The summed E-state index contributed by atoms with van der Waals surface area (Å²) < 4.78 is 5.45. The van der Waals surface area contributed by atoms with E-state index in [0.29, 0.717) is 5.41 Å². The van der Waals surface area contributed by atoms with Crippen LogP contribution in [0.3, 0.4) is 0 Å². The van der Waals surface area contributed by atoms with Gasteiger partial charge < -0.3 is 9.73 Å². The van der Waals surface area contributed by atoms with Crippen molar-refractivity contribution in [1.29, 1.82) is 0 Å². The highest BCUT2D eigenvalue weighted by Crippen LogP contribution is 2.58. The molecule has 100 valence electrons. The molecule has 0 radical (unpaired) electrons. The van der Waals surface area contributed by atoms with Crippen LogP contribution in [0.15, 0.2) is 22.8 Å². The number of nitrogens with zero attached hydrogens (tertiary/aromatic N) is 1. The highest BCUT2D eigenvalue weighted by molar-refractivity contribution is 5.06. The standard InChI is InChI=1S/C15H24N2O/c1-2-17(12-14-4-3-9-18-14)11-13-10-15(13)5-7-16-8-6-15/h3-4,9,13,16H,2,5-8,10-12H2,1H3. The van der Waals surface area contributed by atoms with Gasteiger partial charge in [0.25, 0.3) is 0 Å². The Morgan fingerprint density at radius 1 is 1.44 bits per heavy atom. The van der Waals surface area contributed by atoms with Gasteiger partial charge in [-0.2, -0.15) is 0 Å². The molecular formula is C15H24N2O. The van der Waals surface area contributed by atoms with Crippen LogP contribution in [0.25, 0.3) is 0 Å². The zero-order valence-electron chi connectivity index (χ0n) is 11.3. The third kappa shape index (κ3) is 2.47. The summed E-state index contributed by atoms with van der Waals surface area (Å²) >= 11 is 0. The molecule has 2 fully saturated rings. The SMILES string of the molecule is CCN(Cc1ccco1)CC1CC12CCNCC2. The summed E-state index contributed by atoms with van der Waals surface area (Å²) in [5, 5.41) is 3.48. The van der Waals surface area contributed by atoms with Gasteiger partial charge in [0, 0.05) is 6.54 Å². The van der Waals surface area contributed by atoms with E-state index in [1.807, 2.05) is 6.07 Å².